The number of para-hydroxylation sites is 1. The first-order chi connectivity index (χ1) is 36.9. The lowest BCUT2D eigenvalue weighted by Crippen LogP contribution is -2.64. The number of amides is 2. The van der Waals surface area contributed by atoms with Crippen LogP contribution in [0, 0.1) is 23.2 Å². The Morgan fingerprint density at radius 2 is 1.55 bits per heavy atom. The Morgan fingerprint density at radius 1 is 0.821 bits per heavy atom. The van der Waals surface area contributed by atoms with E-state index in [4.69, 9.17) is 29.0 Å². The van der Waals surface area contributed by atoms with Gasteiger partial charge in [-0.25, -0.2) is 19.6 Å². The maximum absolute atomic E-state index is 14.3. The first kappa shape index (κ1) is 55.4. The first-order valence-corrected chi connectivity index (χ1v) is 29.0. The number of nitrogens with zero attached hydrogens (tertiary/aromatic N) is 7. The lowest BCUT2D eigenvalue weighted by atomic mass is 9.39. The second kappa shape index (κ2) is 21.3. The minimum Gasteiger partial charge on any atom is -0.469 e. The summed E-state index contributed by atoms with van der Waals surface area (Å²) in [6.07, 6.45) is 11.4. The summed E-state index contributed by atoms with van der Waals surface area (Å²) in [5.74, 6) is -0.292. The van der Waals surface area contributed by atoms with E-state index in [1.807, 2.05) is 101 Å². The molecule has 5 fully saturated rings. The van der Waals surface area contributed by atoms with Gasteiger partial charge in [-0.05, 0) is 177 Å². The molecule has 2 aromatic carbocycles. The van der Waals surface area contributed by atoms with Crippen LogP contribution in [-0.4, -0.2) is 123 Å². The molecular formula is C61H80N8O8S. The molecule has 4 saturated carbocycles. The number of ether oxygens (including phenoxy) is 4. The number of hydrogen-bond donors (Lipinski definition) is 1. The highest BCUT2D eigenvalue weighted by Gasteiger charge is 2.66. The van der Waals surface area contributed by atoms with Crippen LogP contribution in [-0.2, 0) is 43.3 Å². The van der Waals surface area contributed by atoms with Gasteiger partial charge in [0.1, 0.15) is 17.0 Å². The molecule has 78 heavy (non-hydrogen) atoms. The van der Waals surface area contributed by atoms with E-state index in [2.05, 4.69) is 51.6 Å². The topological polar surface area (TPSA) is 171 Å². The van der Waals surface area contributed by atoms with Crippen molar-refractivity contribution in [2.24, 2.45) is 16.2 Å². The number of anilines is 2. The molecule has 5 aromatic rings. The Morgan fingerprint density at radius 3 is 2.26 bits per heavy atom. The SMILES string of the molecule is COC(=O)CCCN(CCOC12CC3(C)CC(C)(CC(Cn4ncc(-c5ccc(N6CCc7cccc(C(=O)Nc8nc9ccccc9s8)c7C6)nc5C(=O)OC(C)(C)C)c4C)(C3)C1)C2)C1CCN(C(=O)OC(C)(C)C)CC1. The standard InChI is InChI=1S/C61H80N8O8S/c1-40-45(43-20-21-49(64-51(43)53(72)76-56(2,3)4)68-26-22-41-15-13-16-44(46(41)32-68)52(71)65-54-63-47-17-11-12-18-48(47)78-54)31-62-69(40)39-60-34-58(8)33-59(9,35-60)37-61(36-58,38-60)75-30-29-66(25-14-19-50(70)74-10)42-23-27-67(28-24-42)55(73)77-57(5,6)7/h11-13,15-18,20-21,31,42H,14,19,22-30,32-39H2,1-10H3,(H,63,65,71). The maximum atomic E-state index is 14.3. The number of thiazole rings is 1. The van der Waals surface area contributed by atoms with E-state index in [1.165, 1.54) is 24.9 Å². The van der Waals surface area contributed by atoms with E-state index in [-0.39, 0.29) is 51.6 Å². The summed E-state index contributed by atoms with van der Waals surface area (Å²) in [7, 11) is 1.44. The monoisotopic (exact) mass is 1080 g/mol. The van der Waals surface area contributed by atoms with E-state index < -0.39 is 17.2 Å². The van der Waals surface area contributed by atoms with Crippen LogP contribution < -0.4 is 10.2 Å². The van der Waals surface area contributed by atoms with Gasteiger partial charge < -0.3 is 28.7 Å². The summed E-state index contributed by atoms with van der Waals surface area (Å²) < 4.78 is 27.2. The molecule has 2 aliphatic heterocycles. The number of carbonyl (C=O) groups excluding carboxylic acids is 4. The van der Waals surface area contributed by atoms with Crippen molar-refractivity contribution in [2.75, 3.05) is 56.7 Å². The van der Waals surface area contributed by atoms with E-state index in [1.54, 1.807) is 0 Å². The van der Waals surface area contributed by atoms with Crippen LogP contribution in [0.1, 0.15) is 157 Å². The molecule has 2 atom stereocenters. The summed E-state index contributed by atoms with van der Waals surface area (Å²) in [6.45, 7) is 23.5. The fourth-order valence-corrected chi connectivity index (χ4v) is 15.7. The van der Waals surface area contributed by atoms with Gasteiger partial charge in [0.25, 0.3) is 5.91 Å². The third-order valence-electron chi connectivity index (χ3n) is 16.8. The largest absolute Gasteiger partial charge is 0.469 e. The molecule has 2 amide bonds. The first-order valence-electron chi connectivity index (χ1n) is 28.1. The lowest BCUT2D eigenvalue weighted by molar-refractivity contribution is -0.249. The predicted molar refractivity (Wildman–Crippen MR) is 303 cm³/mol. The van der Waals surface area contributed by atoms with Gasteiger partial charge in [0.05, 0.1) is 35.7 Å². The second-order valence-corrected chi connectivity index (χ2v) is 27.1. The van der Waals surface area contributed by atoms with Crippen LogP contribution in [0.25, 0.3) is 21.3 Å². The zero-order valence-corrected chi connectivity index (χ0v) is 48.4. The van der Waals surface area contributed by atoms with Crippen LogP contribution in [0.5, 0.6) is 0 Å². The molecule has 1 saturated heterocycles. The Bertz CT molecular complexity index is 3020. The molecule has 2 unspecified atom stereocenters. The van der Waals surface area contributed by atoms with Crippen molar-refractivity contribution < 1.29 is 38.1 Å². The number of nitrogens with one attached hydrogen (secondary N) is 1. The number of carbonyl (C=O) groups is 4. The van der Waals surface area contributed by atoms with Crippen LogP contribution in [0.2, 0.25) is 0 Å². The number of hydrogen-bond acceptors (Lipinski definition) is 14. The van der Waals surface area contributed by atoms with Crippen LogP contribution in [0.3, 0.4) is 0 Å². The fraction of sp³-hybridized carbons (Fsp3) is 0.590. The Labute approximate surface area is 463 Å². The van der Waals surface area contributed by atoms with Gasteiger partial charge >= 0.3 is 18.0 Å². The number of pyridine rings is 1. The Hall–Kier alpha value is -5.91. The molecule has 11 rings (SSSR count). The molecule has 3 aromatic heterocycles. The van der Waals surface area contributed by atoms with Crippen LogP contribution in [0.4, 0.5) is 15.7 Å². The average molecular weight is 1090 g/mol. The quantitative estimate of drug-likeness (QED) is 0.0732. The number of piperidine rings is 1. The van der Waals surface area contributed by atoms with Gasteiger partial charge in [0.15, 0.2) is 10.8 Å². The van der Waals surface area contributed by atoms with Gasteiger partial charge in [-0.15, -0.1) is 0 Å². The van der Waals surface area contributed by atoms with Crippen molar-refractivity contribution in [2.45, 2.75) is 169 Å². The highest BCUT2D eigenvalue weighted by molar-refractivity contribution is 7.22. The minimum atomic E-state index is -0.756. The van der Waals surface area contributed by atoms with Gasteiger partial charge in [0, 0.05) is 74.1 Å². The normalized spacial score (nSPS) is 24.1. The molecule has 418 valence electrons. The number of methoxy groups -OCH3 is 1. The molecule has 4 aliphatic carbocycles. The highest BCUT2D eigenvalue weighted by Crippen LogP contribution is 2.72. The molecule has 0 spiro atoms. The average Bonchev–Trinajstić information content (AvgIpc) is 3.37. The smallest absolute Gasteiger partial charge is 0.410 e. The third-order valence-corrected chi connectivity index (χ3v) is 17.8. The number of esters is 2. The second-order valence-electron chi connectivity index (χ2n) is 26.1. The van der Waals surface area contributed by atoms with Crippen LogP contribution >= 0.6 is 11.3 Å². The Kier molecular flexibility index (Phi) is 15.1. The van der Waals surface area contributed by atoms with Gasteiger partial charge in [-0.2, -0.15) is 5.10 Å². The van der Waals surface area contributed by atoms with Crippen molar-refractivity contribution in [1.29, 1.82) is 0 Å². The number of fused-ring (bicyclic) bond motifs is 2. The van der Waals surface area contributed by atoms with Gasteiger partial charge in [-0.3, -0.25) is 24.5 Å². The van der Waals surface area contributed by atoms with Crippen molar-refractivity contribution in [3.63, 3.8) is 0 Å². The summed E-state index contributed by atoms with van der Waals surface area (Å²) in [6, 6.07) is 17.9. The molecule has 5 heterocycles. The molecule has 6 aliphatic rings. The summed E-state index contributed by atoms with van der Waals surface area (Å²) in [5.41, 5.74) is 4.75. The number of rotatable bonds is 16. The summed E-state index contributed by atoms with van der Waals surface area (Å²) in [5, 5.41) is 8.71. The molecule has 4 bridgehead atoms. The predicted octanol–water partition coefficient (Wildman–Crippen LogP) is 11.4. The highest BCUT2D eigenvalue weighted by atomic mass is 32.1. The van der Waals surface area contributed by atoms with E-state index >= 15 is 0 Å². The van der Waals surface area contributed by atoms with E-state index in [0.29, 0.717) is 74.1 Å². The number of aromatic nitrogens is 4. The number of likely N-dealkylation sites (tertiary alicyclic amines) is 1. The molecule has 16 nitrogen and oxygen atoms in total. The van der Waals surface area contributed by atoms with Gasteiger partial charge in [0.2, 0.25) is 0 Å². The molecule has 0 radical (unpaired) electrons. The Balaban J connectivity index is 0.862. The molecular weight excluding hydrogens is 1000 g/mol. The lowest BCUT2D eigenvalue weighted by Gasteiger charge is -2.69. The fourth-order valence-electron chi connectivity index (χ4n) is 14.9. The molecule has 17 heteroatoms. The van der Waals surface area contributed by atoms with Crippen molar-refractivity contribution >= 4 is 56.4 Å². The van der Waals surface area contributed by atoms with Crippen molar-refractivity contribution in [3.8, 4) is 11.1 Å². The third kappa shape index (κ3) is 12.1. The minimum absolute atomic E-state index is 0.0498. The summed E-state index contributed by atoms with van der Waals surface area (Å²) in [4.78, 5) is 69.6. The summed E-state index contributed by atoms with van der Waals surface area (Å²) >= 11 is 1.45. The van der Waals surface area contributed by atoms with E-state index in [0.717, 1.165) is 97.2 Å². The number of benzene rings is 2. The zero-order valence-electron chi connectivity index (χ0n) is 47.6. The van der Waals surface area contributed by atoms with Crippen molar-refractivity contribution in [1.82, 2.24) is 29.5 Å². The van der Waals surface area contributed by atoms with Gasteiger partial charge in [-0.1, -0.05) is 49.4 Å². The van der Waals surface area contributed by atoms with Crippen molar-refractivity contribution in [3.05, 3.63) is 88.9 Å². The zero-order chi connectivity index (χ0) is 55.4. The molecule has 1 N–H and O–H groups in total. The van der Waals surface area contributed by atoms with Crippen LogP contribution in [0.15, 0.2) is 60.8 Å². The maximum Gasteiger partial charge on any atom is 0.410 e. The van der Waals surface area contributed by atoms with E-state index in [9.17, 15) is 19.2 Å².